The van der Waals surface area contributed by atoms with E-state index < -0.39 is 0 Å². The number of nitrogens with one attached hydrogen (secondary N) is 1. The van der Waals surface area contributed by atoms with E-state index in [0.717, 1.165) is 10.0 Å². The highest BCUT2D eigenvalue weighted by Crippen LogP contribution is 2.34. The van der Waals surface area contributed by atoms with Gasteiger partial charge in [-0.1, -0.05) is 15.9 Å². The molecule has 5 heteroatoms. The highest BCUT2D eigenvalue weighted by Gasteiger charge is 2.13. The van der Waals surface area contributed by atoms with Crippen LogP contribution in [0.1, 0.15) is 33.3 Å². The van der Waals surface area contributed by atoms with Crippen LogP contribution in [0.3, 0.4) is 0 Å². The van der Waals surface area contributed by atoms with Crippen molar-refractivity contribution >= 4 is 21.8 Å². The highest BCUT2D eigenvalue weighted by molar-refractivity contribution is 9.10. The molecule has 4 nitrogen and oxygen atoms in total. The van der Waals surface area contributed by atoms with E-state index in [1.807, 2.05) is 39.8 Å². The van der Waals surface area contributed by atoms with E-state index in [2.05, 4.69) is 21.2 Å². The van der Waals surface area contributed by atoms with Gasteiger partial charge in [0.25, 0.3) is 0 Å². The number of carbonyl (C=O) groups excluding carboxylic acids is 1. The van der Waals surface area contributed by atoms with Crippen molar-refractivity contribution in [3.63, 3.8) is 0 Å². The standard InChI is InChI=1S/C15H22BrNO3/c1-5-19-13-7-11(8-15(18)17-10(3)4)12(16)9-14(13)20-6-2/h7,9-10H,5-6,8H2,1-4H3,(H,17,18). The minimum absolute atomic E-state index is 0.00712. The first-order chi connectivity index (χ1) is 9.47. The van der Waals surface area contributed by atoms with Crippen molar-refractivity contribution < 1.29 is 14.3 Å². The van der Waals surface area contributed by atoms with Crippen molar-refractivity contribution in [2.24, 2.45) is 0 Å². The number of benzene rings is 1. The Morgan fingerprint density at radius 1 is 1.20 bits per heavy atom. The second-order valence-corrected chi connectivity index (χ2v) is 5.51. The van der Waals surface area contributed by atoms with E-state index in [-0.39, 0.29) is 11.9 Å². The van der Waals surface area contributed by atoms with Crippen LogP contribution in [-0.2, 0) is 11.2 Å². The maximum atomic E-state index is 11.9. The lowest BCUT2D eigenvalue weighted by Gasteiger charge is -2.15. The summed E-state index contributed by atoms with van der Waals surface area (Å²) >= 11 is 3.48. The van der Waals surface area contributed by atoms with Crippen molar-refractivity contribution in [1.82, 2.24) is 5.32 Å². The molecule has 0 saturated carbocycles. The van der Waals surface area contributed by atoms with Crippen molar-refractivity contribution in [2.75, 3.05) is 13.2 Å². The number of hydrogen-bond donors (Lipinski definition) is 1. The Bertz CT molecular complexity index is 461. The predicted octanol–water partition coefficient (Wildman–Crippen LogP) is 3.31. The van der Waals surface area contributed by atoms with Crippen molar-refractivity contribution in [3.05, 3.63) is 22.2 Å². The Kier molecular flexibility index (Phi) is 6.85. The summed E-state index contributed by atoms with van der Waals surface area (Å²) in [5.41, 5.74) is 0.884. The van der Waals surface area contributed by atoms with Crippen LogP contribution in [0.25, 0.3) is 0 Å². The lowest BCUT2D eigenvalue weighted by atomic mass is 10.1. The third-order valence-corrected chi connectivity index (χ3v) is 3.25. The van der Waals surface area contributed by atoms with Gasteiger partial charge in [0.15, 0.2) is 11.5 Å². The monoisotopic (exact) mass is 343 g/mol. The zero-order chi connectivity index (χ0) is 15.1. The molecule has 0 bridgehead atoms. The van der Waals surface area contributed by atoms with Crippen molar-refractivity contribution in [1.29, 1.82) is 0 Å². The summed E-state index contributed by atoms with van der Waals surface area (Å²) in [6, 6.07) is 3.85. The van der Waals surface area contributed by atoms with E-state index in [4.69, 9.17) is 9.47 Å². The van der Waals surface area contributed by atoms with Crippen LogP contribution in [0.4, 0.5) is 0 Å². The molecule has 1 rings (SSSR count). The fourth-order valence-electron chi connectivity index (χ4n) is 1.80. The Hall–Kier alpha value is -1.23. The molecule has 0 radical (unpaired) electrons. The average Bonchev–Trinajstić information content (AvgIpc) is 2.34. The van der Waals surface area contributed by atoms with Crippen molar-refractivity contribution in [2.45, 2.75) is 40.2 Å². The number of amides is 1. The van der Waals surface area contributed by atoms with Crippen LogP contribution in [0.2, 0.25) is 0 Å². The number of ether oxygens (including phenoxy) is 2. The maximum absolute atomic E-state index is 11.9. The summed E-state index contributed by atoms with van der Waals surface area (Å²) in [5.74, 6) is 1.35. The first kappa shape index (κ1) is 16.8. The molecular formula is C15H22BrNO3. The molecule has 0 heterocycles. The van der Waals surface area contributed by atoms with Crippen LogP contribution in [0.15, 0.2) is 16.6 Å². The van der Waals surface area contributed by atoms with Gasteiger partial charge in [0.05, 0.1) is 19.6 Å². The SMILES string of the molecule is CCOc1cc(Br)c(CC(=O)NC(C)C)cc1OCC. The molecule has 20 heavy (non-hydrogen) atoms. The van der Waals surface area contributed by atoms with Gasteiger partial charge in [-0.3, -0.25) is 4.79 Å². The van der Waals surface area contributed by atoms with Gasteiger partial charge in [-0.2, -0.15) is 0 Å². The normalized spacial score (nSPS) is 10.5. The van der Waals surface area contributed by atoms with Gasteiger partial charge in [-0.25, -0.2) is 0 Å². The third kappa shape index (κ3) is 5.04. The summed E-state index contributed by atoms with van der Waals surface area (Å²) in [5, 5.41) is 2.88. The number of carbonyl (C=O) groups is 1. The van der Waals surface area contributed by atoms with Gasteiger partial charge in [0.2, 0.25) is 5.91 Å². The van der Waals surface area contributed by atoms with Gasteiger partial charge in [0, 0.05) is 10.5 Å². The summed E-state index contributed by atoms with van der Waals surface area (Å²) < 4.78 is 12.0. The van der Waals surface area contributed by atoms with Crippen LogP contribution < -0.4 is 14.8 Å². The van der Waals surface area contributed by atoms with Crippen LogP contribution >= 0.6 is 15.9 Å². The third-order valence-electron chi connectivity index (χ3n) is 2.51. The summed E-state index contributed by atoms with van der Waals surface area (Å²) in [6.07, 6.45) is 0.311. The molecular weight excluding hydrogens is 322 g/mol. The summed E-state index contributed by atoms with van der Waals surface area (Å²) in [4.78, 5) is 11.9. The van der Waals surface area contributed by atoms with Crippen molar-refractivity contribution in [3.8, 4) is 11.5 Å². The Morgan fingerprint density at radius 2 is 1.75 bits per heavy atom. The molecule has 0 aliphatic rings. The molecule has 0 saturated heterocycles. The van der Waals surface area contributed by atoms with Crippen LogP contribution in [0, 0.1) is 0 Å². The quantitative estimate of drug-likeness (QED) is 0.826. The Balaban J connectivity index is 2.96. The maximum Gasteiger partial charge on any atom is 0.224 e. The molecule has 112 valence electrons. The van der Waals surface area contributed by atoms with E-state index in [1.54, 1.807) is 0 Å². The first-order valence-electron chi connectivity index (χ1n) is 6.85. The zero-order valence-electron chi connectivity index (χ0n) is 12.5. The van der Waals surface area contributed by atoms with E-state index in [0.29, 0.717) is 31.1 Å². The lowest BCUT2D eigenvalue weighted by molar-refractivity contribution is -0.120. The molecule has 1 aromatic rings. The second-order valence-electron chi connectivity index (χ2n) is 4.66. The molecule has 1 N–H and O–H groups in total. The fraction of sp³-hybridized carbons (Fsp3) is 0.533. The smallest absolute Gasteiger partial charge is 0.224 e. The first-order valence-corrected chi connectivity index (χ1v) is 7.64. The van der Waals surface area contributed by atoms with E-state index in [1.165, 1.54) is 0 Å². The molecule has 1 aromatic carbocycles. The predicted molar refractivity (Wildman–Crippen MR) is 83.5 cm³/mol. The van der Waals surface area contributed by atoms with Gasteiger partial charge >= 0.3 is 0 Å². The average molecular weight is 344 g/mol. The number of halogens is 1. The second kappa shape index (κ2) is 8.15. The largest absolute Gasteiger partial charge is 0.490 e. The minimum Gasteiger partial charge on any atom is -0.490 e. The number of hydrogen-bond acceptors (Lipinski definition) is 3. The molecule has 0 atom stereocenters. The molecule has 0 aliphatic heterocycles. The topological polar surface area (TPSA) is 47.6 Å². The molecule has 0 spiro atoms. The molecule has 0 aliphatic carbocycles. The lowest BCUT2D eigenvalue weighted by Crippen LogP contribution is -2.31. The highest BCUT2D eigenvalue weighted by atomic mass is 79.9. The van der Waals surface area contributed by atoms with Gasteiger partial charge in [-0.05, 0) is 45.4 Å². The molecule has 0 fully saturated rings. The Labute approximate surface area is 129 Å². The van der Waals surface area contributed by atoms with Gasteiger partial charge in [0.1, 0.15) is 0 Å². The fourth-order valence-corrected chi connectivity index (χ4v) is 2.26. The van der Waals surface area contributed by atoms with E-state index >= 15 is 0 Å². The van der Waals surface area contributed by atoms with Crippen LogP contribution in [-0.4, -0.2) is 25.2 Å². The Morgan fingerprint density at radius 3 is 2.25 bits per heavy atom. The molecule has 1 amide bonds. The molecule has 0 unspecified atom stereocenters. The zero-order valence-corrected chi connectivity index (χ0v) is 14.0. The molecule has 0 aromatic heterocycles. The summed E-state index contributed by atoms with van der Waals surface area (Å²) in [7, 11) is 0. The summed E-state index contributed by atoms with van der Waals surface area (Å²) in [6.45, 7) is 8.85. The minimum atomic E-state index is -0.00712. The van der Waals surface area contributed by atoms with Gasteiger partial charge < -0.3 is 14.8 Å². The van der Waals surface area contributed by atoms with Crippen LogP contribution in [0.5, 0.6) is 11.5 Å². The number of rotatable bonds is 7. The van der Waals surface area contributed by atoms with Gasteiger partial charge in [-0.15, -0.1) is 0 Å². The van der Waals surface area contributed by atoms with E-state index in [9.17, 15) is 4.79 Å².